The van der Waals surface area contributed by atoms with Crippen molar-refractivity contribution >= 4 is 27.9 Å². The third-order valence-electron chi connectivity index (χ3n) is 4.24. The van der Waals surface area contributed by atoms with Crippen LogP contribution >= 0.6 is 22.9 Å². The van der Waals surface area contributed by atoms with Gasteiger partial charge < -0.3 is 14.2 Å². The third-order valence-corrected chi connectivity index (χ3v) is 5.44. The Labute approximate surface area is 170 Å². The molecule has 28 heavy (non-hydrogen) atoms. The quantitative estimate of drug-likeness (QED) is 0.470. The van der Waals surface area contributed by atoms with Crippen molar-refractivity contribution < 1.29 is 14.2 Å². The van der Waals surface area contributed by atoms with Crippen molar-refractivity contribution in [1.82, 2.24) is 19.8 Å². The van der Waals surface area contributed by atoms with Crippen LogP contribution < -0.4 is 14.2 Å². The van der Waals surface area contributed by atoms with Crippen LogP contribution in [-0.2, 0) is 6.42 Å². The zero-order valence-electron chi connectivity index (χ0n) is 15.5. The lowest BCUT2D eigenvalue weighted by Gasteiger charge is -2.13. The fourth-order valence-corrected chi connectivity index (χ4v) is 3.85. The second-order valence-electron chi connectivity index (χ2n) is 5.94. The Morgan fingerprint density at radius 2 is 1.64 bits per heavy atom. The molecule has 0 amide bonds. The number of fused-ring (bicyclic) bond motifs is 1. The van der Waals surface area contributed by atoms with E-state index in [1.807, 2.05) is 36.4 Å². The summed E-state index contributed by atoms with van der Waals surface area (Å²) in [7, 11) is 4.75. The minimum absolute atomic E-state index is 0.542. The van der Waals surface area contributed by atoms with Crippen molar-refractivity contribution in [3.8, 4) is 27.8 Å². The van der Waals surface area contributed by atoms with E-state index in [2.05, 4.69) is 10.2 Å². The Morgan fingerprint density at radius 3 is 2.25 bits per heavy atom. The molecule has 144 valence electrons. The highest BCUT2D eigenvalue weighted by molar-refractivity contribution is 7.19. The second-order valence-corrected chi connectivity index (χ2v) is 7.33. The lowest BCUT2D eigenvalue weighted by atomic mass is 10.1. The van der Waals surface area contributed by atoms with E-state index in [-0.39, 0.29) is 0 Å². The van der Waals surface area contributed by atoms with Crippen LogP contribution in [-0.4, -0.2) is 41.1 Å². The number of ether oxygens (including phenoxy) is 3. The smallest absolute Gasteiger partial charge is 0.234 e. The molecule has 4 rings (SSSR count). The first-order chi connectivity index (χ1) is 13.6. The summed E-state index contributed by atoms with van der Waals surface area (Å²) in [6.45, 7) is 0. The molecule has 2 aromatic carbocycles. The van der Waals surface area contributed by atoms with Gasteiger partial charge in [0.15, 0.2) is 17.3 Å². The molecule has 0 fully saturated rings. The Hall–Kier alpha value is -2.84. The van der Waals surface area contributed by atoms with Crippen molar-refractivity contribution in [2.45, 2.75) is 6.42 Å². The van der Waals surface area contributed by atoms with Crippen LogP contribution in [0, 0.1) is 0 Å². The summed E-state index contributed by atoms with van der Waals surface area (Å²) in [5.41, 5.74) is 1.93. The number of hydrogen-bond donors (Lipinski definition) is 0. The minimum Gasteiger partial charge on any atom is -0.493 e. The van der Waals surface area contributed by atoms with Crippen LogP contribution in [0.1, 0.15) is 11.4 Å². The first-order valence-corrected chi connectivity index (χ1v) is 9.58. The molecular formula is C19H17ClN4O3S. The van der Waals surface area contributed by atoms with Crippen LogP contribution in [0.25, 0.3) is 15.5 Å². The van der Waals surface area contributed by atoms with Crippen LogP contribution in [0.5, 0.6) is 17.2 Å². The molecule has 0 spiro atoms. The number of benzene rings is 2. The number of aromatic nitrogens is 4. The Kier molecular flexibility index (Phi) is 5.06. The Bertz CT molecular complexity index is 1100. The van der Waals surface area contributed by atoms with Gasteiger partial charge in [-0.1, -0.05) is 35.1 Å². The molecule has 4 aromatic rings. The van der Waals surface area contributed by atoms with E-state index in [4.69, 9.17) is 30.9 Å². The molecule has 0 aliphatic heterocycles. The molecule has 2 heterocycles. The molecule has 0 aliphatic carbocycles. The number of halogens is 1. The molecular weight excluding hydrogens is 400 g/mol. The number of hydrogen-bond acceptors (Lipinski definition) is 7. The van der Waals surface area contributed by atoms with Gasteiger partial charge in [-0.2, -0.15) is 9.61 Å². The summed E-state index contributed by atoms with van der Waals surface area (Å²) in [5, 5.41) is 14.7. The summed E-state index contributed by atoms with van der Waals surface area (Å²) in [5.74, 6) is 2.45. The maximum Gasteiger partial charge on any atom is 0.234 e. The summed E-state index contributed by atoms with van der Waals surface area (Å²) in [6, 6.07) is 11.4. The lowest BCUT2D eigenvalue weighted by molar-refractivity contribution is 0.324. The molecule has 0 unspecified atom stereocenters. The Balaban J connectivity index is 1.73. The predicted molar refractivity (Wildman–Crippen MR) is 108 cm³/mol. The van der Waals surface area contributed by atoms with E-state index in [0.29, 0.717) is 33.7 Å². The summed E-state index contributed by atoms with van der Waals surface area (Å²) in [4.78, 5) is 0.715. The van der Waals surface area contributed by atoms with Gasteiger partial charge in [0.25, 0.3) is 0 Å². The number of methoxy groups -OCH3 is 3. The van der Waals surface area contributed by atoms with E-state index < -0.39 is 0 Å². The van der Waals surface area contributed by atoms with Gasteiger partial charge in [-0.05, 0) is 29.8 Å². The van der Waals surface area contributed by atoms with Gasteiger partial charge in [-0.25, -0.2) is 0 Å². The van der Waals surface area contributed by atoms with Crippen molar-refractivity contribution in [2.75, 3.05) is 21.3 Å². The second kappa shape index (κ2) is 7.65. The molecule has 0 radical (unpaired) electrons. The van der Waals surface area contributed by atoms with Crippen molar-refractivity contribution in [2.24, 2.45) is 0 Å². The van der Waals surface area contributed by atoms with Crippen molar-refractivity contribution in [1.29, 1.82) is 0 Å². The molecule has 0 N–H and O–H groups in total. The van der Waals surface area contributed by atoms with Crippen LogP contribution in [0.3, 0.4) is 0 Å². The largest absolute Gasteiger partial charge is 0.493 e. The average Bonchev–Trinajstić information content (AvgIpc) is 3.30. The summed E-state index contributed by atoms with van der Waals surface area (Å²) in [6.07, 6.45) is 0.608. The van der Waals surface area contributed by atoms with Gasteiger partial charge in [0.05, 0.1) is 21.3 Å². The maximum absolute atomic E-state index is 5.96. The lowest BCUT2D eigenvalue weighted by Crippen LogP contribution is -1.98. The monoisotopic (exact) mass is 416 g/mol. The van der Waals surface area contributed by atoms with Gasteiger partial charge in [0.1, 0.15) is 5.01 Å². The van der Waals surface area contributed by atoms with E-state index in [1.165, 1.54) is 11.3 Å². The average molecular weight is 417 g/mol. The first kappa shape index (κ1) is 18.5. The molecule has 2 aromatic heterocycles. The first-order valence-electron chi connectivity index (χ1n) is 8.39. The maximum atomic E-state index is 5.96. The van der Waals surface area contributed by atoms with Crippen LogP contribution in [0.4, 0.5) is 0 Å². The van der Waals surface area contributed by atoms with Gasteiger partial charge in [-0.15, -0.1) is 10.2 Å². The molecule has 0 bridgehead atoms. The standard InChI is InChI=1S/C19H17ClN4O3S/c1-25-14-9-12(10-15(26-2)17(14)27-3)18-23-24-16(21-22-19(24)28-18)8-11-4-6-13(20)7-5-11/h4-7,9-10H,8H2,1-3H3. The highest BCUT2D eigenvalue weighted by Gasteiger charge is 2.18. The van der Waals surface area contributed by atoms with E-state index in [1.54, 1.807) is 25.8 Å². The fraction of sp³-hybridized carbons (Fsp3) is 0.211. The van der Waals surface area contributed by atoms with Gasteiger partial charge in [-0.3, -0.25) is 0 Å². The fourth-order valence-electron chi connectivity index (χ4n) is 2.87. The number of nitrogens with zero attached hydrogens (tertiary/aromatic N) is 4. The van der Waals surface area contributed by atoms with Crippen LogP contribution in [0.2, 0.25) is 5.02 Å². The molecule has 7 nitrogen and oxygen atoms in total. The zero-order chi connectivity index (χ0) is 19.7. The molecule has 0 aliphatic rings. The molecule has 0 atom stereocenters. The van der Waals surface area contributed by atoms with Gasteiger partial charge in [0.2, 0.25) is 10.7 Å². The summed E-state index contributed by atoms with van der Waals surface area (Å²) >= 11 is 7.40. The highest BCUT2D eigenvalue weighted by atomic mass is 35.5. The SMILES string of the molecule is COc1cc(-c2nn3c(Cc4ccc(Cl)cc4)nnc3s2)cc(OC)c1OC. The van der Waals surface area contributed by atoms with Gasteiger partial charge in [0, 0.05) is 17.0 Å². The van der Waals surface area contributed by atoms with Gasteiger partial charge >= 0.3 is 0 Å². The predicted octanol–water partition coefficient (Wildman–Crippen LogP) is 4.12. The van der Waals surface area contributed by atoms with Crippen molar-refractivity contribution in [3.63, 3.8) is 0 Å². The van der Waals surface area contributed by atoms with E-state index >= 15 is 0 Å². The molecule has 9 heteroatoms. The highest BCUT2D eigenvalue weighted by Crippen LogP contribution is 2.41. The third kappa shape index (κ3) is 3.36. The molecule has 0 saturated heterocycles. The normalized spacial score (nSPS) is 11.0. The van der Waals surface area contributed by atoms with Crippen molar-refractivity contribution in [3.05, 3.63) is 52.8 Å². The topological polar surface area (TPSA) is 70.8 Å². The Morgan fingerprint density at radius 1 is 0.964 bits per heavy atom. The zero-order valence-corrected chi connectivity index (χ0v) is 17.0. The number of rotatable bonds is 6. The van der Waals surface area contributed by atoms with Crippen LogP contribution in [0.15, 0.2) is 36.4 Å². The van der Waals surface area contributed by atoms with E-state index in [9.17, 15) is 0 Å². The molecule has 0 saturated carbocycles. The van der Waals surface area contributed by atoms with E-state index in [0.717, 1.165) is 22.0 Å². The summed E-state index contributed by atoms with van der Waals surface area (Å²) < 4.78 is 18.0. The minimum atomic E-state index is 0.542.